The molecule has 0 aromatic carbocycles. The van der Waals surface area contributed by atoms with Crippen LogP contribution in [0.2, 0.25) is 0 Å². The van der Waals surface area contributed by atoms with Crippen molar-refractivity contribution in [2.75, 3.05) is 0 Å². The minimum atomic E-state index is -0.492. The predicted octanol–water partition coefficient (Wildman–Crippen LogP) is 4.19. The van der Waals surface area contributed by atoms with Gasteiger partial charge in [-0.05, 0) is 11.5 Å². The normalized spacial score (nSPS) is 11.3. The van der Waals surface area contributed by atoms with Crippen LogP contribution in [-0.2, 0) is 0 Å². The molecule has 15 heavy (non-hydrogen) atoms. The molecule has 78 valence electrons. The largest absolute Gasteiger partial charge is 0.206 e. The second-order valence-corrected chi connectivity index (χ2v) is 3.99. The van der Waals surface area contributed by atoms with Gasteiger partial charge in [0.15, 0.2) is 0 Å². The van der Waals surface area contributed by atoms with E-state index in [0.29, 0.717) is 17.0 Å². The molecule has 0 aromatic rings. The van der Waals surface area contributed by atoms with Crippen molar-refractivity contribution in [2.24, 2.45) is 0 Å². The molecule has 0 spiro atoms. The molecule has 2 aliphatic carbocycles. The van der Waals surface area contributed by atoms with Crippen LogP contribution in [0.4, 0.5) is 8.78 Å². The van der Waals surface area contributed by atoms with E-state index >= 15 is 0 Å². The summed E-state index contributed by atoms with van der Waals surface area (Å²) in [7, 11) is 0. The molecule has 0 amide bonds. The minimum absolute atomic E-state index is 0.347. The summed E-state index contributed by atoms with van der Waals surface area (Å²) in [5.74, 6) is -0.630. The molecule has 2 rings (SSSR count). The van der Waals surface area contributed by atoms with Crippen LogP contribution < -0.4 is 0 Å². The summed E-state index contributed by atoms with van der Waals surface area (Å²) in [5, 5.41) is 0. The summed E-state index contributed by atoms with van der Waals surface area (Å²) in [6.07, 6.45) is 0. The van der Waals surface area contributed by atoms with Crippen molar-refractivity contribution in [3.8, 4) is 11.1 Å². The van der Waals surface area contributed by atoms with E-state index in [0.717, 1.165) is 11.6 Å². The first-order chi connectivity index (χ1) is 7.09. The van der Waals surface area contributed by atoms with Crippen LogP contribution in [0, 0.1) is 11.6 Å². The first kappa shape index (κ1) is 10.1. The maximum Gasteiger partial charge on any atom is 0.134 e. The predicted molar refractivity (Wildman–Crippen MR) is 57.1 cm³/mol. The van der Waals surface area contributed by atoms with Gasteiger partial charge < -0.3 is 0 Å². The van der Waals surface area contributed by atoms with Crippen LogP contribution in [0.3, 0.4) is 0 Å². The monoisotopic (exact) mass is 206 g/mol. The molecule has 0 aliphatic heterocycles. The Hall–Kier alpha value is -1.44. The van der Waals surface area contributed by atoms with Gasteiger partial charge in [-0.25, -0.2) is 8.78 Å². The maximum absolute atomic E-state index is 13.3. The third kappa shape index (κ3) is 1.72. The van der Waals surface area contributed by atoms with Gasteiger partial charge >= 0.3 is 0 Å². The van der Waals surface area contributed by atoms with E-state index in [2.05, 4.69) is 0 Å². The Morgan fingerprint density at radius 3 is 1.73 bits per heavy atom. The summed E-state index contributed by atoms with van der Waals surface area (Å²) in [4.78, 5) is 0. The highest BCUT2D eigenvalue weighted by Crippen LogP contribution is 2.30. The lowest BCUT2D eigenvalue weighted by molar-refractivity contribution is 0.608. The number of halogens is 2. The molecule has 0 unspecified atom stereocenters. The summed E-state index contributed by atoms with van der Waals surface area (Å²) < 4.78 is 26.5. The van der Waals surface area contributed by atoms with E-state index in [1.54, 1.807) is 12.1 Å². The van der Waals surface area contributed by atoms with Crippen molar-refractivity contribution in [3.63, 3.8) is 0 Å². The zero-order chi connectivity index (χ0) is 11.0. The van der Waals surface area contributed by atoms with Gasteiger partial charge in [0.05, 0.1) is 0 Å². The molecule has 0 aromatic heterocycles. The molecule has 0 heterocycles. The van der Waals surface area contributed by atoms with Crippen LogP contribution in [0.15, 0.2) is 30.3 Å². The first-order valence-electron chi connectivity index (χ1n) is 4.97. The van der Waals surface area contributed by atoms with Crippen LogP contribution in [0.25, 0.3) is 11.1 Å². The van der Waals surface area contributed by atoms with Gasteiger partial charge in [-0.15, -0.1) is 0 Å². The molecule has 0 fully saturated rings. The Morgan fingerprint density at radius 2 is 1.33 bits per heavy atom. The zero-order valence-electron chi connectivity index (χ0n) is 8.72. The zero-order valence-corrected chi connectivity index (χ0v) is 8.72. The fourth-order valence-corrected chi connectivity index (χ4v) is 1.66. The first-order valence-corrected chi connectivity index (χ1v) is 4.97. The molecule has 0 atom stereocenters. The van der Waals surface area contributed by atoms with Gasteiger partial charge in [0.25, 0.3) is 0 Å². The number of fused-ring (bicyclic) bond motifs is 1. The van der Waals surface area contributed by atoms with E-state index in [-0.39, 0.29) is 0 Å². The molecule has 0 nitrogen and oxygen atoms in total. The highest BCUT2D eigenvalue weighted by molar-refractivity contribution is 5.67. The van der Waals surface area contributed by atoms with Gasteiger partial charge in [0, 0.05) is 17.2 Å². The Balaban J connectivity index is 2.65. The Labute approximate surface area is 87.9 Å². The van der Waals surface area contributed by atoms with E-state index in [9.17, 15) is 8.78 Å². The maximum atomic E-state index is 13.3. The van der Waals surface area contributed by atoms with Crippen LogP contribution in [0.5, 0.6) is 0 Å². The average molecular weight is 206 g/mol. The molecular formula is C13H12F2. The summed E-state index contributed by atoms with van der Waals surface area (Å²) in [5.41, 5.74) is 1.77. The molecular weight excluding hydrogens is 194 g/mol. The van der Waals surface area contributed by atoms with E-state index < -0.39 is 11.6 Å². The molecule has 0 radical (unpaired) electrons. The van der Waals surface area contributed by atoms with Gasteiger partial charge in [-0.3, -0.25) is 0 Å². The fraction of sp³-hybridized carbons (Fsp3) is 0.231. The molecule has 2 aliphatic rings. The summed E-state index contributed by atoms with van der Waals surface area (Å²) >= 11 is 0. The van der Waals surface area contributed by atoms with Crippen molar-refractivity contribution < 1.29 is 8.78 Å². The summed E-state index contributed by atoms with van der Waals surface area (Å²) in [6, 6.07) is 7.90. The van der Waals surface area contributed by atoms with Crippen molar-refractivity contribution >= 4 is 0 Å². The Bertz CT molecular complexity index is 424. The van der Waals surface area contributed by atoms with E-state index in [4.69, 9.17) is 0 Å². The Morgan fingerprint density at radius 1 is 0.867 bits per heavy atom. The van der Waals surface area contributed by atoms with E-state index in [1.165, 1.54) is 0 Å². The number of rotatable bonds is 1. The molecule has 0 saturated heterocycles. The highest BCUT2D eigenvalue weighted by atomic mass is 19.1. The second kappa shape index (κ2) is 3.61. The SMILES string of the molecule is CC(C)c1ccc2c(F)cc(F)c-2cc1. The van der Waals surface area contributed by atoms with Gasteiger partial charge in [-0.1, -0.05) is 38.1 Å². The lowest BCUT2D eigenvalue weighted by atomic mass is 10.1. The lowest BCUT2D eigenvalue weighted by Gasteiger charge is -1.99. The average Bonchev–Trinajstić information content (AvgIpc) is 2.40. The van der Waals surface area contributed by atoms with Gasteiger partial charge in [0.2, 0.25) is 0 Å². The third-order valence-electron chi connectivity index (χ3n) is 2.61. The number of hydrogen-bond acceptors (Lipinski definition) is 0. The lowest BCUT2D eigenvalue weighted by Crippen LogP contribution is -1.81. The number of hydrogen-bond donors (Lipinski definition) is 0. The molecule has 0 bridgehead atoms. The second-order valence-electron chi connectivity index (χ2n) is 3.99. The van der Waals surface area contributed by atoms with Crippen LogP contribution in [0.1, 0.15) is 25.3 Å². The Kier molecular flexibility index (Phi) is 2.43. The van der Waals surface area contributed by atoms with Crippen molar-refractivity contribution in [2.45, 2.75) is 19.8 Å². The minimum Gasteiger partial charge on any atom is -0.206 e. The van der Waals surface area contributed by atoms with Crippen LogP contribution in [-0.4, -0.2) is 0 Å². The standard InChI is InChI=1S/C13H12F2/c1-8(2)9-3-5-10-11(6-4-9)13(15)7-12(10)14/h3-8H,1-2H3. The van der Waals surface area contributed by atoms with Gasteiger partial charge in [-0.2, -0.15) is 0 Å². The molecule has 2 heteroatoms. The topological polar surface area (TPSA) is 0 Å². The van der Waals surface area contributed by atoms with Crippen molar-refractivity contribution in [1.29, 1.82) is 0 Å². The molecule has 0 saturated carbocycles. The smallest absolute Gasteiger partial charge is 0.134 e. The van der Waals surface area contributed by atoms with Crippen LogP contribution >= 0.6 is 0 Å². The highest BCUT2D eigenvalue weighted by Gasteiger charge is 2.14. The van der Waals surface area contributed by atoms with Gasteiger partial charge in [0.1, 0.15) is 11.6 Å². The molecule has 0 N–H and O–H groups in total. The van der Waals surface area contributed by atoms with E-state index in [1.807, 2.05) is 26.0 Å². The third-order valence-corrected chi connectivity index (χ3v) is 2.61. The fourth-order valence-electron chi connectivity index (χ4n) is 1.66. The summed E-state index contributed by atoms with van der Waals surface area (Å²) in [6.45, 7) is 4.10. The van der Waals surface area contributed by atoms with Crippen molar-refractivity contribution in [1.82, 2.24) is 0 Å². The van der Waals surface area contributed by atoms with Crippen molar-refractivity contribution in [3.05, 3.63) is 47.5 Å². The quantitative estimate of drug-likeness (QED) is 0.656.